The molecule has 2 heterocycles. The molecule has 0 saturated heterocycles. The van der Waals surface area contributed by atoms with Gasteiger partial charge in [-0.25, -0.2) is 9.99 Å². The molecule has 3 aromatic rings. The molecule has 0 aliphatic carbocycles. The quantitative estimate of drug-likeness (QED) is 0.157. The van der Waals surface area contributed by atoms with Gasteiger partial charge in [0.2, 0.25) is 5.91 Å². The van der Waals surface area contributed by atoms with E-state index in [0.29, 0.717) is 37.4 Å². The molecule has 1 atom stereocenters. The van der Waals surface area contributed by atoms with Gasteiger partial charge in [0.1, 0.15) is 10.9 Å². The molecule has 1 aromatic heterocycles. The van der Waals surface area contributed by atoms with E-state index < -0.39 is 5.97 Å². The Bertz CT molecular complexity index is 1300. The zero-order valence-electron chi connectivity index (χ0n) is 19.9. The monoisotopic (exact) mass is 619 g/mol. The van der Waals surface area contributed by atoms with Gasteiger partial charge in [-0.15, -0.1) is 0 Å². The zero-order chi connectivity index (χ0) is 25.7. The highest BCUT2D eigenvalue weighted by molar-refractivity contribution is 14.1. The number of aromatic nitrogens is 1. The fraction of sp³-hybridized carbons (Fsp3) is 0.333. The first-order valence-electron chi connectivity index (χ1n) is 12.0. The van der Waals surface area contributed by atoms with E-state index >= 15 is 0 Å². The minimum absolute atomic E-state index is 0.110. The van der Waals surface area contributed by atoms with Crippen molar-refractivity contribution in [1.29, 1.82) is 0 Å². The Hall–Kier alpha value is -2.72. The number of fused-ring (bicyclic) bond motifs is 1. The molecule has 36 heavy (non-hydrogen) atoms. The molecule has 4 rings (SSSR count). The Morgan fingerprint density at radius 3 is 2.58 bits per heavy atom. The van der Waals surface area contributed by atoms with Crippen LogP contribution in [0.2, 0.25) is 5.15 Å². The second-order valence-corrected chi connectivity index (χ2v) is 10.2. The van der Waals surface area contributed by atoms with Crippen LogP contribution in [-0.4, -0.2) is 39.3 Å². The van der Waals surface area contributed by atoms with Gasteiger partial charge in [0, 0.05) is 39.8 Å². The van der Waals surface area contributed by atoms with Crippen LogP contribution in [0.25, 0.3) is 10.9 Å². The molecule has 1 aliphatic heterocycles. The highest BCUT2D eigenvalue weighted by atomic mass is 127. The fourth-order valence-corrected chi connectivity index (χ4v) is 4.90. The van der Waals surface area contributed by atoms with Crippen molar-refractivity contribution in [2.75, 3.05) is 6.61 Å². The van der Waals surface area contributed by atoms with Gasteiger partial charge in [0.15, 0.2) is 0 Å². The SMILES string of the molecule is CCOc1ccc2cc(C3CC(c4ccc(I)cc4)=NN3C(=O)CCCCCC(=O)O)c(Cl)nc2c1. The predicted molar refractivity (Wildman–Crippen MR) is 149 cm³/mol. The number of pyridine rings is 1. The molecule has 7 nitrogen and oxygen atoms in total. The second kappa shape index (κ2) is 12.0. The number of unbranched alkanes of at least 4 members (excludes halogenated alkanes) is 2. The molecule has 1 aliphatic rings. The van der Waals surface area contributed by atoms with E-state index in [2.05, 4.69) is 27.6 Å². The maximum atomic E-state index is 13.3. The average molecular weight is 620 g/mol. The normalized spacial score (nSPS) is 15.2. The van der Waals surface area contributed by atoms with E-state index in [4.69, 9.17) is 26.5 Å². The van der Waals surface area contributed by atoms with Crippen LogP contribution in [0.5, 0.6) is 5.75 Å². The third-order valence-electron chi connectivity index (χ3n) is 6.06. The largest absolute Gasteiger partial charge is 0.494 e. The first-order valence-corrected chi connectivity index (χ1v) is 13.4. The zero-order valence-corrected chi connectivity index (χ0v) is 22.8. The van der Waals surface area contributed by atoms with Crippen LogP contribution in [0.3, 0.4) is 0 Å². The van der Waals surface area contributed by atoms with Crippen LogP contribution in [0.15, 0.2) is 53.6 Å². The van der Waals surface area contributed by atoms with Crippen molar-refractivity contribution in [2.45, 2.75) is 51.5 Å². The summed E-state index contributed by atoms with van der Waals surface area (Å²) in [4.78, 5) is 28.6. The summed E-state index contributed by atoms with van der Waals surface area (Å²) in [5.41, 5.74) is 3.25. The lowest BCUT2D eigenvalue weighted by molar-refractivity contribution is -0.137. The number of benzene rings is 2. The molecule has 1 unspecified atom stereocenters. The van der Waals surface area contributed by atoms with Gasteiger partial charge < -0.3 is 9.84 Å². The summed E-state index contributed by atoms with van der Waals surface area (Å²) in [6.07, 6.45) is 2.75. The minimum Gasteiger partial charge on any atom is -0.494 e. The maximum Gasteiger partial charge on any atom is 0.303 e. The summed E-state index contributed by atoms with van der Waals surface area (Å²) < 4.78 is 6.70. The Balaban J connectivity index is 1.61. The summed E-state index contributed by atoms with van der Waals surface area (Å²) in [5, 5.41) is 16.3. The third kappa shape index (κ3) is 6.34. The van der Waals surface area contributed by atoms with E-state index in [1.165, 1.54) is 5.01 Å². The predicted octanol–water partition coefficient (Wildman–Crippen LogP) is 6.60. The average Bonchev–Trinajstić information content (AvgIpc) is 3.29. The molecule has 9 heteroatoms. The first kappa shape index (κ1) is 26.3. The van der Waals surface area contributed by atoms with Crippen molar-refractivity contribution in [3.63, 3.8) is 0 Å². The van der Waals surface area contributed by atoms with E-state index in [1.807, 2.05) is 55.5 Å². The summed E-state index contributed by atoms with van der Waals surface area (Å²) in [6, 6.07) is 15.3. The van der Waals surface area contributed by atoms with E-state index in [-0.39, 0.29) is 24.8 Å². The molecule has 0 radical (unpaired) electrons. The number of carboxylic acid groups (broad SMARTS) is 1. The number of hydrogen-bond donors (Lipinski definition) is 1. The number of aliphatic carboxylic acids is 1. The number of carboxylic acids is 1. The number of carbonyl (C=O) groups excluding carboxylic acids is 1. The van der Waals surface area contributed by atoms with E-state index in [1.54, 1.807) is 0 Å². The van der Waals surface area contributed by atoms with Gasteiger partial charge >= 0.3 is 5.97 Å². The first-order chi connectivity index (χ1) is 17.4. The van der Waals surface area contributed by atoms with E-state index in [9.17, 15) is 9.59 Å². The van der Waals surface area contributed by atoms with Crippen molar-refractivity contribution < 1.29 is 19.4 Å². The summed E-state index contributed by atoms with van der Waals surface area (Å²) >= 11 is 8.93. The van der Waals surface area contributed by atoms with Gasteiger partial charge in [-0.3, -0.25) is 9.59 Å². The molecule has 0 fully saturated rings. The van der Waals surface area contributed by atoms with Gasteiger partial charge in [-0.1, -0.05) is 30.2 Å². The maximum absolute atomic E-state index is 13.3. The number of amides is 1. The van der Waals surface area contributed by atoms with Gasteiger partial charge in [0.25, 0.3) is 0 Å². The number of ether oxygens (including phenoxy) is 1. The molecule has 1 amide bonds. The second-order valence-electron chi connectivity index (χ2n) is 8.62. The Kier molecular flexibility index (Phi) is 8.79. The van der Waals surface area contributed by atoms with Crippen molar-refractivity contribution >= 4 is 62.7 Å². The lowest BCUT2D eigenvalue weighted by Gasteiger charge is -2.23. The highest BCUT2D eigenvalue weighted by Crippen LogP contribution is 2.38. The standard InChI is InChI=1S/C27H27ClIN3O4/c1-2-36-20-13-10-18-14-21(27(28)30-22(18)15-20)24-16-23(17-8-11-19(29)12-9-17)31-32(24)25(33)6-4-3-5-7-26(34)35/h8-15,24H,2-7,16H2,1H3,(H,34,35). The van der Waals surface area contributed by atoms with Gasteiger partial charge in [0.05, 0.1) is 23.9 Å². The lowest BCUT2D eigenvalue weighted by Crippen LogP contribution is -2.27. The molecule has 0 spiro atoms. The highest BCUT2D eigenvalue weighted by Gasteiger charge is 2.34. The molecule has 188 valence electrons. The van der Waals surface area contributed by atoms with Crippen LogP contribution < -0.4 is 4.74 Å². The number of halogens is 2. The number of carbonyl (C=O) groups is 2. The van der Waals surface area contributed by atoms with E-state index in [0.717, 1.165) is 37.1 Å². The fourth-order valence-electron chi connectivity index (χ4n) is 4.27. The van der Waals surface area contributed by atoms with Crippen LogP contribution >= 0.6 is 34.2 Å². The number of hydrazone groups is 1. The molecule has 0 bridgehead atoms. The molecular weight excluding hydrogens is 593 g/mol. The minimum atomic E-state index is -0.820. The van der Waals surface area contributed by atoms with Crippen molar-refractivity contribution in [3.05, 3.63) is 68.4 Å². The van der Waals surface area contributed by atoms with Crippen LogP contribution in [0.1, 0.15) is 62.6 Å². The summed E-state index contributed by atoms with van der Waals surface area (Å²) in [7, 11) is 0. The van der Waals surface area contributed by atoms with Crippen LogP contribution in [-0.2, 0) is 9.59 Å². The third-order valence-corrected chi connectivity index (χ3v) is 7.09. The Labute approximate surface area is 228 Å². The molecule has 0 saturated carbocycles. The van der Waals surface area contributed by atoms with Crippen molar-refractivity contribution in [3.8, 4) is 5.75 Å². The van der Waals surface area contributed by atoms with Gasteiger partial charge in [-0.2, -0.15) is 5.10 Å². The lowest BCUT2D eigenvalue weighted by atomic mass is 9.98. The molecule has 1 N–H and O–H groups in total. The number of nitrogens with zero attached hydrogens (tertiary/aromatic N) is 3. The molecule has 2 aromatic carbocycles. The molecular formula is C27H27ClIN3O4. The Morgan fingerprint density at radius 2 is 1.86 bits per heavy atom. The van der Waals surface area contributed by atoms with Crippen molar-refractivity contribution in [2.24, 2.45) is 5.10 Å². The summed E-state index contributed by atoms with van der Waals surface area (Å²) in [6.45, 7) is 2.49. The van der Waals surface area contributed by atoms with Gasteiger partial charge in [-0.05, 0) is 78.3 Å². The van der Waals surface area contributed by atoms with Crippen LogP contribution in [0, 0.1) is 3.57 Å². The van der Waals surface area contributed by atoms with Crippen molar-refractivity contribution in [1.82, 2.24) is 9.99 Å². The smallest absolute Gasteiger partial charge is 0.303 e. The summed E-state index contributed by atoms with van der Waals surface area (Å²) in [5.74, 6) is -0.204. The topological polar surface area (TPSA) is 92.1 Å². The number of rotatable bonds is 10. The number of hydrogen-bond acceptors (Lipinski definition) is 5. The van der Waals surface area contributed by atoms with Crippen LogP contribution in [0.4, 0.5) is 0 Å². The Morgan fingerprint density at radius 1 is 1.11 bits per heavy atom.